The van der Waals surface area contributed by atoms with Gasteiger partial charge in [-0.1, -0.05) is 74.1 Å². The third kappa shape index (κ3) is 8.20. The van der Waals surface area contributed by atoms with Crippen molar-refractivity contribution in [2.24, 2.45) is 0 Å². The van der Waals surface area contributed by atoms with Gasteiger partial charge in [0.1, 0.15) is 0 Å². The topological polar surface area (TPSA) is 89.3 Å². The molecule has 0 atom stereocenters. The van der Waals surface area contributed by atoms with E-state index < -0.39 is 0 Å². The molecule has 0 spiro atoms. The van der Waals surface area contributed by atoms with Crippen LogP contribution >= 0.6 is 0 Å². The Bertz CT molecular complexity index is 1020. The van der Waals surface area contributed by atoms with Crippen LogP contribution in [0.1, 0.15) is 51.2 Å². The number of hydrogen-bond acceptors (Lipinski definition) is 6. The van der Waals surface area contributed by atoms with Crippen LogP contribution in [0.3, 0.4) is 0 Å². The zero-order valence-corrected chi connectivity index (χ0v) is 19.9. The number of nitrogens with zero attached hydrogens (tertiary/aromatic N) is 3. The Morgan fingerprint density at radius 3 is 2.67 bits per heavy atom. The first-order valence-electron chi connectivity index (χ1n) is 11.3. The molecule has 4 rings (SSSR count). The van der Waals surface area contributed by atoms with Crippen LogP contribution in [0, 0.1) is 0 Å². The second kappa shape index (κ2) is 13.9. The maximum Gasteiger partial charge on any atom is 0.253 e. The number of rotatable bonds is 4. The largest absolute Gasteiger partial charge is 0.512 e. The van der Waals surface area contributed by atoms with Crippen molar-refractivity contribution in [3.63, 3.8) is 0 Å². The fourth-order valence-electron chi connectivity index (χ4n) is 3.09. The standard InChI is InChI=1S/C15H16N4O2.C9H12O.C2H6/c1-21-10-9-12-7-8-13(20)19-15(16-12)17-14(18-19)11-5-3-2-4-6-11;1-8-5-3-2-4-6-9(10)7-8;1-2/h2-7H,8-10H2,1H3,(H,16,17,18);2,4-6,10H,3,7H2,1H3;1-2H3/b;4-2?,8-5-,9-6+;. The molecular formula is C26H34N4O3. The number of nitrogens with one attached hydrogen (secondary N) is 1. The molecule has 0 radical (unpaired) electrons. The number of carbonyl (C=O) groups excluding carboxylic acids is 1. The average molecular weight is 451 g/mol. The number of ether oxygens (including phenoxy) is 1. The number of methoxy groups -OCH3 is 1. The maximum atomic E-state index is 12.1. The highest BCUT2D eigenvalue weighted by atomic mass is 16.5. The maximum absolute atomic E-state index is 12.1. The summed E-state index contributed by atoms with van der Waals surface area (Å²) < 4.78 is 6.40. The number of aliphatic hydroxyl groups excluding tert-OH is 1. The van der Waals surface area contributed by atoms with Gasteiger partial charge in [0, 0.05) is 37.6 Å². The summed E-state index contributed by atoms with van der Waals surface area (Å²) in [5.74, 6) is 1.35. The molecule has 2 aromatic rings. The Morgan fingerprint density at radius 2 is 1.94 bits per heavy atom. The third-order valence-corrected chi connectivity index (χ3v) is 4.73. The van der Waals surface area contributed by atoms with Gasteiger partial charge in [-0.15, -0.1) is 5.10 Å². The lowest BCUT2D eigenvalue weighted by molar-refractivity contribution is 0.0905. The summed E-state index contributed by atoms with van der Waals surface area (Å²) in [6, 6.07) is 9.60. The Balaban J connectivity index is 0.000000270. The molecule has 0 fully saturated rings. The molecule has 0 amide bonds. The Hall–Kier alpha value is -3.45. The van der Waals surface area contributed by atoms with Gasteiger partial charge in [0.05, 0.1) is 12.4 Å². The predicted molar refractivity (Wildman–Crippen MR) is 133 cm³/mol. The molecule has 1 aromatic heterocycles. The molecule has 0 saturated carbocycles. The Kier molecular flexibility index (Phi) is 10.8. The number of aliphatic hydroxyl groups is 1. The first kappa shape index (κ1) is 25.8. The molecule has 0 unspecified atom stereocenters. The molecule has 2 heterocycles. The molecule has 1 aliphatic heterocycles. The summed E-state index contributed by atoms with van der Waals surface area (Å²) in [4.78, 5) is 16.5. The van der Waals surface area contributed by atoms with Crippen LogP contribution in [0.25, 0.3) is 11.4 Å². The number of allylic oxidation sites excluding steroid dienone is 6. The van der Waals surface area contributed by atoms with Crippen molar-refractivity contribution in [1.29, 1.82) is 0 Å². The quantitative estimate of drug-likeness (QED) is 0.549. The van der Waals surface area contributed by atoms with Crippen LogP contribution in [0.15, 0.2) is 77.7 Å². The molecule has 2 N–H and O–H groups in total. The highest BCUT2D eigenvalue weighted by Gasteiger charge is 2.20. The van der Waals surface area contributed by atoms with E-state index >= 15 is 0 Å². The zero-order valence-electron chi connectivity index (χ0n) is 19.9. The molecule has 176 valence electrons. The number of anilines is 1. The first-order chi connectivity index (χ1) is 16.1. The lowest BCUT2D eigenvalue weighted by atomic mass is 10.1. The van der Waals surface area contributed by atoms with E-state index in [-0.39, 0.29) is 5.91 Å². The van der Waals surface area contributed by atoms with Gasteiger partial charge in [0.25, 0.3) is 5.91 Å². The van der Waals surface area contributed by atoms with Gasteiger partial charge in [-0.05, 0) is 19.4 Å². The summed E-state index contributed by atoms with van der Waals surface area (Å²) in [5.41, 5.74) is 3.05. The van der Waals surface area contributed by atoms with Crippen molar-refractivity contribution < 1.29 is 14.6 Å². The molecule has 0 bridgehead atoms. The number of hydrogen-bond donors (Lipinski definition) is 2. The normalized spacial score (nSPS) is 18.1. The first-order valence-corrected chi connectivity index (χ1v) is 11.3. The third-order valence-electron chi connectivity index (χ3n) is 4.73. The zero-order chi connectivity index (χ0) is 24.1. The van der Waals surface area contributed by atoms with E-state index in [1.54, 1.807) is 13.2 Å². The summed E-state index contributed by atoms with van der Waals surface area (Å²) in [6.07, 6.45) is 12.3. The van der Waals surface area contributed by atoms with E-state index in [1.807, 2.05) is 69.3 Å². The van der Waals surface area contributed by atoms with E-state index in [2.05, 4.69) is 21.5 Å². The summed E-state index contributed by atoms with van der Waals surface area (Å²) in [5, 5.41) is 16.6. The van der Waals surface area contributed by atoms with Gasteiger partial charge >= 0.3 is 0 Å². The minimum Gasteiger partial charge on any atom is -0.512 e. The molecule has 1 aromatic carbocycles. The lowest BCUT2D eigenvalue weighted by Crippen LogP contribution is -2.12. The minimum atomic E-state index is -0.0976. The summed E-state index contributed by atoms with van der Waals surface area (Å²) >= 11 is 0. The van der Waals surface area contributed by atoms with E-state index in [9.17, 15) is 4.79 Å². The van der Waals surface area contributed by atoms with Gasteiger partial charge in [-0.3, -0.25) is 4.79 Å². The van der Waals surface area contributed by atoms with E-state index in [0.29, 0.717) is 43.4 Å². The molecule has 0 saturated heterocycles. The highest BCUT2D eigenvalue weighted by Crippen LogP contribution is 2.21. The van der Waals surface area contributed by atoms with Crippen LogP contribution in [0.4, 0.5) is 5.95 Å². The van der Waals surface area contributed by atoms with Crippen LogP contribution in [0.2, 0.25) is 0 Å². The molecular weight excluding hydrogens is 416 g/mol. The van der Waals surface area contributed by atoms with Crippen molar-refractivity contribution in [2.75, 3.05) is 19.0 Å². The van der Waals surface area contributed by atoms with E-state index in [4.69, 9.17) is 9.84 Å². The molecule has 7 heteroatoms. The fourth-order valence-corrected chi connectivity index (χ4v) is 3.09. The summed E-state index contributed by atoms with van der Waals surface area (Å²) in [6.45, 7) is 6.62. The van der Waals surface area contributed by atoms with Gasteiger partial charge in [-0.25, -0.2) is 0 Å². The number of benzene rings is 1. The van der Waals surface area contributed by atoms with Crippen molar-refractivity contribution in [3.05, 3.63) is 77.7 Å². The van der Waals surface area contributed by atoms with Gasteiger partial charge in [0.15, 0.2) is 5.82 Å². The van der Waals surface area contributed by atoms with Crippen molar-refractivity contribution in [3.8, 4) is 11.4 Å². The van der Waals surface area contributed by atoms with Gasteiger partial charge in [-0.2, -0.15) is 9.67 Å². The molecule has 2 aliphatic rings. The van der Waals surface area contributed by atoms with Crippen molar-refractivity contribution in [2.45, 2.75) is 46.5 Å². The van der Waals surface area contributed by atoms with Crippen LogP contribution in [-0.2, 0) is 4.74 Å². The predicted octanol–water partition coefficient (Wildman–Crippen LogP) is 6.07. The summed E-state index contributed by atoms with van der Waals surface area (Å²) in [7, 11) is 1.65. The van der Waals surface area contributed by atoms with E-state index in [0.717, 1.165) is 17.7 Å². The average Bonchev–Trinajstić information content (AvgIpc) is 3.19. The number of carbonyl (C=O) groups is 1. The van der Waals surface area contributed by atoms with Crippen LogP contribution in [-0.4, -0.2) is 39.5 Å². The number of aromatic nitrogens is 3. The monoisotopic (exact) mass is 450 g/mol. The lowest BCUT2D eigenvalue weighted by Gasteiger charge is -2.06. The van der Waals surface area contributed by atoms with Crippen LogP contribution in [0.5, 0.6) is 0 Å². The Morgan fingerprint density at radius 1 is 1.18 bits per heavy atom. The van der Waals surface area contributed by atoms with Gasteiger partial charge < -0.3 is 15.2 Å². The highest BCUT2D eigenvalue weighted by molar-refractivity contribution is 5.84. The van der Waals surface area contributed by atoms with Crippen molar-refractivity contribution >= 4 is 11.9 Å². The Labute approximate surface area is 196 Å². The van der Waals surface area contributed by atoms with E-state index in [1.165, 1.54) is 10.3 Å². The fraction of sp³-hybridized carbons (Fsp3) is 0.346. The molecule has 1 aliphatic carbocycles. The second-order valence-corrected chi connectivity index (χ2v) is 7.28. The number of fused-ring (bicyclic) bond motifs is 1. The minimum absolute atomic E-state index is 0.0976. The van der Waals surface area contributed by atoms with Gasteiger partial charge in [0.2, 0.25) is 5.95 Å². The van der Waals surface area contributed by atoms with Crippen LogP contribution < -0.4 is 5.32 Å². The SMILES string of the molecule is C/C1=C/CC=C/C=C(/O)C1.CC.COCCC1=CCC(=O)n2nc(-c3ccccc3)nc2N1. The molecule has 33 heavy (non-hydrogen) atoms. The smallest absolute Gasteiger partial charge is 0.253 e. The van der Waals surface area contributed by atoms with Crippen molar-refractivity contribution in [1.82, 2.24) is 14.8 Å². The second-order valence-electron chi connectivity index (χ2n) is 7.28. The molecule has 7 nitrogen and oxygen atoms in total.